The molecule has 1 saturated heterocycles. The maximum Gasteiger partial charge on any atom is 0.253 e. The minimum atomic E-state index is -3.55. The van der Waals surface area contributed by atoms with E-state index in [4.69, 9.17) is 4.98 Å². The first-order valence-corrected chi connectivity index (χ1v) is 14.5. The first-order valence-electron chi connectivity index (χ1n) is 12.3. The number of thiazole rings is 1. The predicted octanol–water partition coefficient (Wildman–Crippen LogP) is 4.69. The van der Waals surface area contributed by atoms with Gasteiger partial charge in [-0.25, -0.2) is 13.4 Å². The third kappa shape index (κ3) is 5.22. The molecule has 1 fully saturated rings. The smallest absolute Gasteiger partial charge is 0.253 e. The number of hydrogen-bond donors (Lipinski definition) is 0. The molecule has 2 heterocycles. The molecular weight excluding hydrogens is 480 g/mol. The highest BCUT2D eigenvalue weighted by atomic mass is 32.2. The third-order valence-electron chi connectivity index (χ3n) is 6.76. The lowest BCUT2D eigenvalue weighted by atomic mass is 10.1. The van der Waals surface area contributed by atoms with Crippen molar-refractivity contribution in [3.05, 3.63) is 53.1 Å². The van der Waals surface area contributed by atoms with Crippen molar-refractivity contribution in [2.75, 3.05) is 44.2 Å². The topological polar surface area (TPSA) is 73.8 Å². The molecule has 2 aromatic carbocycles. The van der Waals surface area contributed by atoms with E-state index >= 15 is 0 Å². The van der Waals surface area contributed by atoms with Gasteiger partial charge in [0.2, 0.25) is 10.0 Å². The normalized spacial score (nSPS) is 14.8. The Morgan fingerprint density at radius 3 is 2.34 bits per heavy atom. The van der Waals surface area contributed by atoms with Crippen LogP contribution in [0, 0.1) is 13.8 Å². The summed E-state index contributed by atoms with van der Waals surface area (Å²) < 4.78 is 28.6. The van der Waals surface area contributed by atoms with Crippen molar-refractivity contribution in [1.82, 2.24) is 14.2 Å². The molecule has 35 heavy (non-hydrogen) atoms. The second kappa shape index (κ2) is 10.6. The molecule has 9 heteroatoms. The summed E-state index contributed by atoms with van der Waals surface area (Å²) in [6.45, 7) is 11.7. The van der Waals surface area contributed by atoms with Gasteiger partial charge in [0.25, 0.3) is 5.91 Å². The van der Waals surface area contributed by atoms with E-state index in [0.29, 0.717) is 31.7 Å². The Balaban J connectivity index is 1.41. The average molecular weight is 515 g/mol. The van der Waals surface area contributed by atoms with Gasteiger partial charge in [0.15, 0.2) is 5.13 Å². The molecule has 0 bridgehead atoms. The molecule has 4 rings (SSSR count). The van der Waals surface area contributed by atoms with Crippen LogP contribution in [-0.4, -0.2) is 67.8 Å². The second-order valence-corrected chi connectivity index (χ2v) is 12.0. The summed E-state index contributed by atoms with van der Waals surface area (Å²) in [5.41, 5.74) is 4.04. The number of aryl methyl sites for hydroxylation is 2. The largest absolute Gasteiger partial charge is 0.345 e. The minimum Gasteiger partial charge on any atom is -0.345 e. The molecule has 1 amide bonds. The Kier molecular flexibility index (Phi) is 7.78. The molecule has 7 nitrogen and oxygen atoms in total. The molecule has 0 N–H and O–H groups in total. The molecule has 3 aromatic rings. The van der Waals surface area contributed by atoms with Crippen LogP contribution in [0.3, 0.4) is 0 Å². The van der Waals surface area contributed by atoms with Crippen LogP contribution in [0.25, 0.3) is 10.2 Å². The molecule has 1 aliphatic heterocycles. The lowest BCUT2D eigenvalue weighted by Crippen LogP contribution is -2.48. The SMILES string of the molecule is CCCCN(CC)S(=O)(=O)c1ccc(C(=O)N2CCN(c3nc4c(C)c(C)ccc4s3)CC2)cc1. The van der Waals surface area contributed by atoms with Gasteiger partial charge in [-0.1, -0.05) is 37.7 Å². The van der Waals surface area contributed by atoms with Crippen molar-refractivity contribution in [3.8, 4) is 0 Å². The van der Waals surface area contributed by atoms with Crippen LogP contribution < -0.4 is 4.90 Å². The van der Waals surface area contributed by atoms with Gasteiger partial charge in [-0.3, -0.25) is 4.79 Å². The number of piperazine rings is 1. The molecule has 0 unspecified atom stereocenters. The van der Waals surface area contributed by atoms with Crippen LogP contribution in [0.15, 0.2) is 41.3 Å². The van der Waals surface area contributed by atoms with Crippen LogP contribution in [0.5, 0.6) is 0 Å². The maximum absolute atomic E-state index is 13.1. The van der Waals surface area contributed by atoms with Gasteiger partial charge in [0, 0.05) is 44.8 Å². The number of amides is 1. The Labute approximate surface area is 212 Å². The van der Waals surface area contributed by atoms with E-state index in [1.807, 2.05) is 18.7 Å². The van der Waals surface area contributed by atoms with Crippen LogP contribution in [-0.2, 0) is 10.0 Å². The fourth-order valence-electron chi connectivity index (χ4n) is 4.33. The molecule has 1 aliphatic rings. The Bertz CT molecular complexity index is 1290. The zero-order valence-corrected chi connectivity index (χ0v) is 22.6. The minimum absolute atomic E-state index is 0.0669. The van der Waals surface area contributed by atoms with Crippen LogP contribution in [0.2, 0.25) is 0 Å². The number of benzene rings is 2. The van der Waals surface area contributed by atoms with Gasteiger partial charge < -0.3 is 9.80 Å². The van der Waals surface area contributed by atoms with Crippen molar-refractivity contribution in [2.24, 2.45) is 0 Å². The van der Waals surface area contributed by atoms with Gasteiger partial charge in [-0.15, -0.1) is 0 Å². The highest BCUT2D eigenvalue weighted by Gasteiger charge is 2.26. The molecule has 0 aliphatic carbocycles. The Hall–Kier alpha value is -2.49. The highest BCUT2D eigenvalue weighted by Crippen LogP contribution is 2.32. The molecule has 0 spiro atoms. The highest BCUT2D eigenvalue weighted by molar-refractivity contribution is 7.89. The molecule has 1 aromatic heterocycles. The van der Waals surface area contributed by atoms with Crippen molar-refractivity contribution in [2.45, 2.75) is 45.4 Å². The summed E-state index contributed by atoms with van der Waals surface area (Å²) in [6, 6.07) is 10.6. The van der Waals surface area contributed by atoms with Gasteiger partial charge in [0.1, 0.15) is 0 Å². The van der Waals surface area contributed by atoms with E-state index in [9.17, 15) is 13.2 Å². The maximum atomic E-state index is 13.1. The second-order valence-electron chi connectivity index (χ2n) is 9.00. The molecule has 0 saturated carbocycles. The zero-order chi connectivity index (χ0) is 25.2. The van der Waals surface area contributed by atoms with Crippen molar-refractivity contribution in [3.63, 3.8) is 0 Å². The van der Waals surface area contributed by atoms with Crippen molar-refractivity contribution < 1.29 is 13.2 Å². The Morgan fingerprint density at radius 1 is 1.03 bits per heavy atom. The number of rotatable bonds is 8. The van der Waals surface area contributed by atoms with Gasteiger partial charge in [-0.05, 0) is 61.7 Å². The zero-order valence-electron chi connectivity index (χ0n) is 21.0. The van der Waals surface area contributed by atoms with Crippen LogP contribution >= 0.6 is 11.3 Å². The summed E-state index contributed by atoms with van der Waals surface area (Å²) in [4.78, 5) is 22.3. The van der Waals surface area contributed by atoms with E-state index in [0.717, 1.165) is 36.6 Å². The van der Waals surface area contributed by atoms with Gasteiger partial charge in [-0.2, -0.15) is 4.31 Å². The molecule has 0 atom stereocenters. The van der Waals surface area contributed by atoms with Gasteiger partial charge >= 0.3 is 0 Å². The number of carbonyl (C=O) groups is 1. The summed E-state index contributed by atoms with van der Waals surface area (Å²) in [5.74, 6) is -0.0669. The number of sulfonamides is 1. The lowest BCUT2D eigenvalue weighted by molar-refractivity contribution is 0.0746. The van der Waals surface area contributed by atoms with Crippen molar-refractivity contribution >= 4 is 42.6 Å². The van der Waals surface area contributed by atoms with E-state index in [-0.39, 0.29) is 10.8 Å². The number of aromatic nitrogens is 1. The number of fused-ring (bicyclic) bond motifs is 1. The van der Waals surface area contributed by atoms with Crippen molar-refractivity contribution in [1.29, 1.82) is 0 Å². The van der Waals surface area contributed by atoms with Crippen LogP contribution in [0.4, 0.5) is 5.13 Å². The van der Waals surface area contributed by atoms with Gasteiger partial charge in [0.05, 0.1) is 15.1 Å². The molecule has 0 radical (unpaired) electrons. The average Bonchev–Trinajstić information content (AvgIpc) is 3.31. The number of carbonyl (C=O) groups excluding carboxylic acids is 1. The third-order valence-corrected chi connectivity index (χ3v) is 9.83. The number of hydrogen-bond acceptors (Lipinski definition) is 6. The first-order chi connectivity index (χ1) is 16.8. The van der Waals surface area contributed by atoms with E-state index < -0.39 is 10.0 Å². The van der Waals surface area contributed by atoms with E-state index in [2.05, 4.69) is 30.9 Å². The lowest BCUT2D eigenvalue weighted by Gasteiger charge is -2.34. The predicted molar refractivity (Wildman–Crippen MR) is 143 cm³/mol. The van der Waals surface area contributed by atoms with E-state index in [1.54, 1.807) is 35.6 Å². The first kappa shape index (κ1) is 25.6. The number of unbranched alkanes of at least 4 members (excludes halogenated alkanes) is 1. The monoisotopic (exact) mass is 514 g/mol. The summed E-state index contributed by atoms with van der Waals surface area (Å²) in [7, 11) is -3.55. The number of nitrogens with zero attached hydrogens (tertiary/aromatic N) is 4. The van der Waals surface area contributed by atoms with Crippen LogP contribution in [0.1, 0.15) is 48.2 Å². The number of anilines is 1. The van der Waals surface area contributed by atoms with E-state index in [1.165, 1.54) is 20.1 Å². The fourth-order valence-corrected chi connectivity index (χ4v) is 6.90. The molecular formula is C26H34N4O3S2. The molecule has 188 valence electrons. The summed E-state index contributed by atoms with van der Waals surface area (Å²) in [6.07, 6.45) is 1.76. The fraction of sp³-hybridized carbons (Fsp3) is 0.462. The standard InChI is InChI=1S/C26H34N4O3S2/c1-5-7-14-30(6-2)35(32,33)22-11-9-21(10-12-22)25(31)28-15-17-29(18-16-28)26-27-24-20(4)19(3)8-13-23(24)34-26/h8-13H,5-7,14-18H2,1-4H3. The quantitative estimate of drug-likeness (QED) is 0.436. The Morgan fingerprint density at radius 2 is 1.71 bits per heavy atom. The summed E-state index contributed by atoms with van der Waals surface area (Å²) in [5, 5.41) is 0.999. The summed E-state index contributed by atoms with van der Waals surface area (Å²) >= 11 is 1.70.